The van der Waals surface area contributed by atoms with E-state index in [0.717, 1.165) is 31.4 Å². The second kappa shape index (κ2) is 11.2. The van der Waals surface area contributed by atoms with Crippen LogP contribution in [0.25, 0.3) is 11.0 Å². The van der Waals surface area contributed by atoms with E-state index in [-0.39, 0.29) is 11.9 Å². The molecule has 4 N–H and O–H groups in total. The molecule has 0 aliphatic rings. The average Bonchev–Trinajstić information content (AvgIpc) is 3.46. The van der Waals surface area contributed by atoms with Gasteiger partial charge < -0.3 is 16.4 Å². The molecule has 0 aliphatic heterocycles. The SMILES string of the molecule is CC(C)c1ccc2c(Nc3cc(C(=O)NC(C)c4cccs4)ccc3Sc3ccc(N)cc3)ncnc2n1. The van der Waals surface area contributed by atoms with Crippen LogP contribution in [0.4, 0.5) is 17.2 Å². The highest BCUT2D eigenvalue weighted by atomic mass is 32.2. The van der Waals surface area contributed by atoms with Gasteiger partial charge in [-0.2, -0.15) is 0 Å². The summed E-state index contributed by atoms with van der Waals surface area (Å²) in [6.45, 7) is 6.19. The summed E-state index contributed by atoms with van der Waals surface area (Å²) in [5.74, 6) is 0.774. The highest BCUT2D eigenvalue weighted by Crippen LogP contribution is 2.37. The van der Waals surface area contributed by atoms with E-state index in [0.29, 0.717) is 28.6 Å². The van der Waals surface area contributed by atoms with Gasteiger partial charge in [0.05, 0.1) is 17.1 Å². The minimum atomic E-state index is -0.145. The maximum absolute atomic E-state index is 13.2. The van der Waals surface area contributed by atoms with Crippen LogP contribution in [0, 0.1) is 0 Å². The summed E-state index contributed by atoms with van der Waals surface area (Å²) in [6, 6.07) is 21.3. The van der Waals surface area contributed by atoms with Crippen molar-refractivity contribution in [3.63, 3.8) is 0 Å². The lowest BCUT2D eigenvalue weighted by molar-refractivity contribution is 0.0940. The van der Waals surface area contributed by atoms with E-state index in [1.165, 1.54) is 6.33 Å². The van der Waals surface area contributed by atoms with E-state index in [1.807, 2.05) is 79.0 Å². The van der Waals surface area contributed by atoms with E-state index in [9.17, 15) is 4.79 Å². The van der Waals surface area contributed by atoms with Crippen LogP contribution in [0.15, 0.2) is 88.2 Å². The quantitative estimate of drug-likeness (QED) is 0.179. The lowest BCUT2D eigenvalue weighted by Gasteiger charge is -2.16. The second-order valence-corrected chi connectivity index (χ2v) is 11.3. The van der Waals surface area contributed by atoms with Crippen molar-refractivity contribution in [1.29, 1.82) is 0 Å². The highest BCUT2D eigenvalue weighted by Gasteiger charge is 2.16. The van der Waals surface area contributed by atoms with Crippen molar-refractivity contribution in [1.82, 2.24) is 20.3 Å². The van der Waals surface area contributed by atoms with Crippen molar-refractivity contribution in [2.24, 2.45) is 0 Å². The Morgan fingerprint density at radius 2 is 1.82 bits per heavy atom. The number of pyridine rings is 1. The summed E-state index contributed by atoms with van der Waals surface area (Å²) in [4.78, 5) is 29.9. The molecule has 3 aromatic heterocycles. The van der Waals surface area contributed by atoms with E-state index in [2.05, 4.69) is 34.4 Å². The van der Waals surface area contributed by atoms with Gasteiger partial charge in [0, 0.05) is 31.6 Å². The molecule has 1 amide bonds. The topological polar surface area (TPSA) is 106 Å². The monoisotopic (exact) mass is 540 g/mol. The maximum Gasteiger partial charge on any atom is 0.251 e. The number of amides is 1. The molecule has 1 atom stereocenters. The highest BCUT2D eigenvalue weighted by molar-refractivity contribution is 7.99. The first-order valence-corrected chi connectivity index (χ1v) is 14.0. The number of thiophene rings is 1. The van der Waals surface area contributed by atoms with Crippen LogP contribution >= 0.6 is 23.1 Å². The van der Waals surface area contributed by atoms with Crippen LogP contribution in [-0.4, -0.2) is 20.9 Å². The van der Waals surface area contributed by atoms with Crippen molar-refractivity contribution in [3.8, 4) is 0 Å². The smallest absolute Gasteiger partial charge is 0.251 e. The number of fused-ring (bicyclic) bond motifs is 1. The first kappa shape index (κ1) is 25.7. The first-order chi connectivity index (χ1) is 18.4. The molecule has 7 nitrogen and oxygen atoms in total. The number of anilines is 3. The van der Waals surface area contributed by atoms with Gasteiger partial charge >= 0.3 is 0 Å². The van der Waals surface area contributed by atoms with Gasteiger partial charge in [0.25, 0.3) is 5.91 Å². The van der Waals surface area contributed by atoms with Gasteiger partial charge in [-0.05, 0) is 78.9 Å². The number of benzene rings is 2. The maximum atomic E-state index is 13.2. The predicted molar refractivity (Wildman–Crippen MR) is 156 cm³/mol. The zero-order valence-corrected chi connectivity index (χ0v) is 22.9. The molecular weight excluding hydrogens is 512 g/mol. The van der Waals surface area contributed by atoms with E-state index in [1.54, 1.807) is 23.1 Å². The number of nitrogens with zero attached hydrogens (tertiary/aromatic N) is 3. The number of carbonyl (C=O) groups excluding carboxylic acids is 1. The van der Waals surface area contributed by atoms with Crippen LogP contribution in [0.2, 0.25) is 0 Å². The third kappa shape index (κ3) is 5.79. The summed E-state index contributed by atoms with van der Waals surface area (Å²) in [7, 11) is 0. The van der Waals surface area contributed by atoms with Crippen LogP contribution in [0.3, 0.4) is 0 Å². The van der Waals surface area contributed by atoms with E-state index in [4.69, 9.17) is 10.7 Å². The minimum Gasteiger partial charge on any atom is -0.399 e. The molecule has 0 fully saturated rings. The Hall–Kier alpha value is -3.95. The van der Waals surface area contributed by atoms with Crippen molar-refractivity contribution in [3.05, 3.63) is 94.6 Å². The lowest BCUT2D eigenvalue weighted by Crippen LogP contribution is -2.26. The predicted octanol–water partition coefficient (Wildman–Crippen LogP) is 7.18. The number of carbonyl (C=O) groups is 1. The Bertz CT molecular complexity index is 1570. The molecule has 5 rings (SSSR count). The Morgan fingerprint density at radius 3 is 2.55 bits per heavy atom. The van der Waals surface area contributed by atoms with Crippen LogP contribution in [-0.2, 0) is 0 Å². The fourth-order valence-electron chi connectivity index (χ4n) is 3.92. The summed E-state index contributed by atoms with van der Waals surface area (Å²) >= 11 is 3.20. The molecule has 9 heteroatoms. The molecule has 0 saturated carbocycles. The van der Waals surface area contributed by atoms with Crippen LogP contribution in [0.1, 0.15) is 53.7 Å². The fourth-order valence-corrected chi connectivity index (χ4v) is 5.53. The normalized spacial score (nSPS) is 12.0. The third-order valence-electron chi connectivity index (χ3n) is 6.03. The van der Waals surface area contributed by atoms with Gasteiger partial charge in [0.2, 0.25) is 0 Å². The minimum absolute atomic E-state index is 0.0882. The number of hydrogen-bond donors (Lipinski definition) is 3. The molecule has 1 unspecified atom stereocenters. The van der Waals surface area contributed by atoms with Gasteiger partial charge in [-0.15, -0.1) is 11.3 Å². The molecule has 38 heavy (non-hydrogen) atoms. The molecule has 5 aromatic rings. The lowest BCUT2D eigenvalue weighted by atomic mass is 10.1. The van der Waals surface area contributed by atoms with Crippen LogP contribution < -0.4 is 16.4 Å². The van der Waals surface area contributed by atoms with E-state index < -0.39 is 0 Å². The standard InChI is InChI=1S/C29H28N6OS2/c1-17(2)23-12-11-22-27(34-23)31-16-32-28(22)35-24-15-19(29(36)33-18(3)25-5-4-14-37-25)6-13-26(24)38-21-9-7-20(30)8-10-21/h4-18H,30H2,1-3H3,(H,33,36)(H,31,32,34,35). The van der Waals surface area contributed by atoms with Crippen molar-refractivity contribution < 1.29 is 4.79 Å². The molecule has 0 bridgehead atoms. The van der Waals surface area contributed by atoms with Crippen LogP contribution in [0.5, 0.6) is 0 Å². The summed E-state index contributed by atoms with van der Waals surface area (Å²) < 4.78 is 0. The number of nitrogens with one attached hydrogen (secondary N) is 2. The van der Waals surface area contributed by atoms with Crippen molar-refractivity contribution in [2.75, 3.05) is 11.1 Å². The molecule has 0 saturated heterocycles. The number of hydrogen-bond acceptors (Lipinski definition) is 8. The molecule has 192 valence electrons. The summed E-state index contributed by atoms with van der Waals surface area (Å²) in [5, 5.41) is 9.37. The largest absolute Gasteiger partial charge is 0.399 e. The summed E-state index contributed by atoms with van der Waals surface area (Å²) in [6.07, 6.45) is 1.51. The van der Waals surface area contributed by atoms with Gasteiger partial charge in [-0.3, -0.25) is 4.79 Å². The molecule has 2 aromatic carbocycles. The Morgan fingerprint density at radius 1 is 1.00 bits per heavy atom. The van der Waals surface area contributed by atoms with Gasteiger partial charge in [0.15, 0.2) is 5.65 Å². The first-order valence-electron chi connectivity index (χ1n) is 12.3. The molecule has 0 aliphatic carbocycles. The Balaban J connectivity index is 1.50. The molecule has 0 spiro atoms. The van der Waals surface area contributed by atoms with E-state index >= 15 is 0 Å². The molecule has 3 heterocycles. The van der Waals surface area contributed by atoms with Gasteiger partial charge in [-0.25, -0.2) is 15.0 Å². The average molecular weight is 541 g/mol. The Labute approximate surface area is 229 Å². The van der Waals surface area contributed by atoms with Gasteiger partial charge in [-0.1, -0.05) is 31.7 Å². The molecular formula is C29H28N6OS2. The number of nitrogens with two attached hydrogens (primary N) is 1. The number of rotatable bonds is 8. The summed E-state index contributed by atoms with van der Waals surface area (Å²) in [5.41, 5.74) is 9.50. The third-order valence-corrected chi connectivity index (χ3v) is 8.17. The number of aromatic nitrogens is 3. The zero-order valence-electron chi connectivity index (χ0n) is 21.3. The van der Waals surface area contributed by atoms with Gasteiger partial charge in [0.1, 0.15) is 12.1 Å². The van der Waals surface area contributed by atoms with Crippen molar-refractivity contribution in [2.45, 2.75) is 42.5 Å². The Kier molecular flexibility index (Phi) is 7.57. The fraction of sp³-hybridized carbons (Fsp3) is 0.172. The van der Waals surface area contributed by atoms with Crippen molar-refractivity contribution >= 4 is 57.2 Å². The molecule has 0 radical (unpaired) electrons. The number of nitrogen functional groups attached to an aromatic ring is 1. The zero-order chi connectivity index (χ0) is 26.6. The second-order valence-electron chi connectivity index (χ2n) is 9.20.